The molecular formula is C21H17NO3S. The molecular weight excluding hydrogens is 346 g/mol. The van der Waals surface area contributed by atoms with Crippen LogP contribution in [0.3, 0.4) is 0 Å². The maximum atomic E-state index is 13.0. The number of furan rings is 1. The van der Waals surface area contributed by atoms with Gasteiger partial charge in [-0.3, -0.25) is 9.59 Å². The molecule has 0 unspecified atom stereocenters. The zero-order chi connectivity index (χ0) is 17.9. The number of carbonyl (C=O) groups is 2. The zero-order valence-corrected chi connectivity index (χ0v) is 14.8. The number of ketones is 1. The molecule has 1 aromatic heterocycles. The minimum absolute atomic E-state index is 0.0330. The van der Waals surface area contributed by atoms with Gasteiger partial charge in [0.05, 0.1) is 23.7 Å². The lowest BCUT2D eigenvalue weighted by Crippen LogP contribution is -2.35. The molecule has 1 aliphatic rings. The number of thioether (sulfide) groups is 1. The fraction of sp³-hybridized carbons (Fsp3) is 0.143. The molecule has 0 spiro atoms. The van der Waals surface area contributed by atoms with Gasteiger partial charge in [0.15, 0.2) is 5.78 Å². The highest BCUT2D eigenvalue weighted by Gasteiger charge is 2.31. The Labute approximate surface area is 155 Å². The predicted molar refractivity (Wildman–Crippen MR) is 101 cm³/mol. The minimum Gasteiger partial charge on any atom is -0.468 e. The Hall–Kier alpha value is -2.79. The fourth-order valence-electron chi connectivity index (χ4n) is 3.04. The summed E-state index contributed by atoms with van der Waals surface area (Å²) in [4.78, 5) is 28.2. The third-order valence-electron chi connectivity index (χ3n) is 4.34. The highest BCUT2D eigenvalue weighted by Crippen LogP contribution is 2.45. The molecule has 5 heteroatoms. The Morgan fingerprint density at radius 2 is 1.81 bits per heavy atom. The quantitative estimate of drug-likeness (QED) is 0.629. The van der Waals surface area contributed by atoms with Crippen molar-refractivity contribution in [1.82, 2.24) is 0 Å². The monoisotopic (exact) mass is 363 g/mol. The van der Waals surface area contributed by atoms with Crippen LogP contribution in [0, 0.1) is 0 Å². The predicted octanol–water partition coefficient (Wildman–Crippen LogP) is 4.73. The van der Waals surface area contributed by atoms with Gasteiger partial charge in [0.25, 0.3) is 0 Å². The van der Waals surface area contributed by atoms with Gasteiger partial charge < -0.3 is 9.32 Å². The first-order chi connectivity index (χ1) is 12.7. The zero-order valence-electron chi connectivity index (χ0n) is 14.0. The van der Waals surface area contributed by atoms with E-state index in [9.17, 15) is 9.59 Å². The molecule has 0 radical (unpaired) electrons. The molecule has 4 rings (SSSR count). The summed E-state index contributed by atoms with van der Waals surface area (Å²) in [7, 11) is 0. The first-order valence-corrected chi connectivity index (χ1v) is 9.28. The van der Waals surface area contributed by atoms with Gasteiger partial charge >= 0.3 is 0 Å². The Morgan fingerprint density at radius 3 is 2.58 bits per heavy atom. The van der Waals surface area contributed by atoms with Crippen molar-refractivity contribution in [1.29, 1.82) is 0 Å². The lowest BCUT2D eigenvalue weighted by atomic mass is 10.1. The summed E-state index contributed by atoms with van der Waals surface area (Å²) >= 11 is 1.60. The second-order valence-corrected chi connectivity index (χ2v) is 7.31. The third kappa shape index (κ3) is 3.30. The average Bonchev–Trinajstić information content (AvgIpc) is 3.17. The van der Waals surface area contributed by atoms with Crippen molar-refractivity contribution in [2.45, 2.75) is 16.6 Å². The lowest BCUT2D eigenvalue weighted by molar-refractivity contribution is -0.118. The molecule has 0 aliphatic carbocycles. The Balaban J connectivity index is 1.66. The summed E-state index contributed by atoms with van der Waals surface area (Å²) in [5.41, 5.74) is 1.39. The van der Waals surface area contributed by atoms with Gasteiger partial charge in [0.1, 0.15) is 5.76 Å². The van der Waals surface area contributed by atoms with Gasteiger partial charge in [-0.05, 0) is 24.3 Å². The number of hydrogen-bond donors (Lipinski definition) is 0. The normalized spacial score (nSPS) is 16.8. The number of benzene rings is 2. The van der Waals surface area contributed by atoms with Crippen LogP contribution in [0.25, 0.3) is 0 Å². The molecule has 2 aromatic carbocycles. The van der Waals surface area contributed by atoms with E-state index in [1.807, 2.05) is 54.6 Å². The molecule has 130 valence electrons. The van der Waals surface area contributed by atoms with Gasteiger partial charge in [0, 0.05) is 16.9 Å². The number of Topliss-reactive ketones (excluding diaryl/α,β-unsaturated/α-hetero) is 1. The SMILES string of the molecule is O=C(CN1C(=O)C[C@H](c2ccco2)Sc2ccccc21)c1ccccc1. The van der Waals surface area contributed by atoms with Crippen molar-refractivity contribution in [3.05, 3.63) is 84.3 Å². The summed E-state index contributed by atoms with van der Waals surface area (Å²) in [5.74, 6) is 0.623. The topological polar surface area (TPSA) is 50.5 Å². The van der Waals surface area contributed by atoms with Crippen LogP contribution in [-0.4, -0.2) is 18.2 Å². The van der Waals surface area contributed by atoms with E-state index in [1.54, 1.807) is 35.1 Å². The van der Waals surface area contributed by atoms with Crippen molar-refractivity contribution in [3.63, 3.8) is 0 Å². The number of fused-ring (bicyclic) bond motifs is 1. The minimum atomic E-state index is -0.101. The van der Waals surface area contributed by atoms with Gasteiger partial charge in [-0.25, -0.2) is 0 Å². The van der Waals surface area contributed by atoms with E-state index in [-0.39, 0.29) is 29.9 Å². The van der Waals surface area contributed by atoms with Crippen molar-refractivity contribution in [3.8, 4) is 0 Å². The van der Waals surface area contributed by atoms with Crippen LogP contribution in [0.4, 0.5) is 5.69 Å². The van der Waals surface area contributed by atoms with Crippen molar-refractivity contribution >= 4 is 29.1 Å². The van der Waals surface area contributed by atoms with Gasteiger partial charge in [-0.15, -0.1) is 11.8 Å². The number of nitrogens with zero attached hydrogens (tertiary/aromatic N) is 1. The number of rotatable bonds is 4. The molecule has 0 saturated carbocycles. The van der Waals surface area contributed by atoms with Crippen LogP contribution in [0.2, 0.25) is 0 Å². The Bertz CT molecular complexity index is 921. The molecule has 0 fully saturated rings. The van der Waals surface area contributed by atoms with Crippen molar-refractivity contribution in [2.24, 2.45) is 0 Å². The third-order valence-corrected chi connectivity index (χ3v) is 5.63. The number of hydrogen-bond acceptors (Lipinski definition) is 4. The number of anilines is 1. The average molecular weight is 363 g/mol. The molecule has 26 heavy (non-hydrogen) atoms. The molecule has 0 saturated heterocycles. The molecule has 2 heterocycles. The highest BCUT2D eigenvalue weighted by molar-refractivity contribution is 7.99. The lowest BCUT2D eigenvalue weighted by Gasteiger charge is -2.21. The Kier molecular flexibility index (Phi) is 4.63. The molecule has 1 atom stereocenters. The van der Waals surface area contributed by atoms with E-state index in [1.165, 1.54) is 0 Å². The van der Waals surface area contributed by atoms with E-state index >= 15 is 0 Å². The maximum absolute atomic E-state index is 13.0. The van der Waals surface area contributed by atoms with E-state index in [0.29, 0.717) is 5.56 Å². The molecule has 3 aromatic rings. The van der Waals surface area contributed by atoms with Crippen LogP contribution in [0.5, 0.6) is 0 Å². The molecule has 0 bridgehead atoms. The first kappa shape index (κ1) is 16.7. The second-order valence-electron chi connectivity index (χ2n) is 6.06. The van der Waals surface area contributed by atoms with Crippen LogP contribution in [0.1, 0.15) is 27.8 Å². The highest BCUT2D eigenvalue weighted by atomic mass is 32.2. The smallest absolute Gasteiger partial charge is 0.229 e. The standard InChI is InChI=1S/C21H17NO3S/c23-17(15-7-2-1-3-8-15)14-22-16-9-4-5-11-19(16)26-20(13-21(22)24)18-10-6-12-25-18/h1-12,20H,13-14H2/t20-/m1/s1. The van der Waals surface area contributed by atoms with E-state index in [2.05, 4.69) is 0 Å². The van der Waals surface area contributed by atoms with Crippen molar-refractivity contribution < 1.29 is 14.0 Å². The summed E-state index contributed by atoms with van der Waals surface area (Å²) in [6.45, 7) is 0.0330. The van der Waals surface area contributed by atoms with E-state index < -0.39 is 0 Å². The molecule has 1 amide bonds. The molecule has 4 nitrogen and oxygen atoms in total. The van der Waals surface area contributed by atoms with Crippen LogP contribution >= 0.6 is 11.8 Å². The van der Waals surface area contributed by atoms with Crippen molar-refractivity contribution in [2.75, 3.05) is 11.4 Å². The van der Waals surface area contributed by atoms with E-state index in [0.717, 1.165) is 16.3 Å². The second kappa shape index (κ2) is 7.22. The van der Waals surface area contributed by atoms with Crippen LogP contribution in [0.15, 0.2) is 82.3 Å². The molecule has 1 aliphatic heterocycles. The number of carbonyl (C=O) groups excluding carboxylic acids is 2. The summed E-state index contributed by atoms with van der Waals surface area (Å²) in [6.07, 6.45) is 1.91. The van der Waals surface area contributed by atoms with Gasteiger partial charge in [0.2, 0.25) is 5.91 Å². The number of amides is 1. The summed E-state index contributed by atoms with van der Waals surface area (Å²) < 4.78 is 5.52. The summed E-state index contributed by atoms with van der Waals surface area (Å²) in [5, 5.41) is -0.101. The molecule has 0 N–H and O–H groups in total. The van der Waals surface area contributed by atoms with Gasteiger partial charge in [-0.1, -0.05) is 42.5 Å². The van der Waals surface area contributed by atoms with E-state index in [4.69, 9.17) is 4.42 Å². The fourth-order valence-corrected chi connectivity index (χ4v) is 4.28. The van der Waals surface area contributed by atoms with Crippen LogP contribution < -0.4 is 4.90 Å². The largest absolute Gasteiger partial charge is 0.468 e. The Morgan fingerprint density at radius 1 is 1.04 bits per heavy atom. The summed E-state index contributed by atoms with van der Waals surface area (Å²) in [6, 6.07) is 20.5. The first-order valence-electron chi connectivity index (χ1n) is 8.40. The van der Waals surface area contributed by atoms with Gasteiger partial charge in [-0.2, -0.15) is 0 Å². The maximum Gasteiger partial charge on any atom is 0.229 e. The van der Waals surface area contributed by atoms with Crippen LogP contribution in [-0.2, 0) is 4.79 Å². The number of para-hydroxylation sites is 1.